The van der Waals surface area contributed by atoms with Gasteiger partial charge in [-0.3, -0.25) is 0 Å². The second kappa shape index (κ2) is 6.34. The van der Waals surface area contributed by atoms with E-state index in [0.29, 0.717) is 24.3 Å². The molecule has 1 aliphatic carbocycles. The molecule has 0 aromatic heterocycles. The molecule has 0 heterocycles. The number of thioether (sulfide) groups is 1. The van der Waals surface area contributed by atoms with Crippen molar-refractivity contribution >= 4 is 27.5 Å². The molecule has 1 saturated carbocycles. The number of hydrogen-bond donors (Lipinski definition) is 3. The Labute approximate surface area is 124 Å². The number of aliphatic hydroxyl groups is 1. The van der Waals surface area contributed by atoms with Crippen LogP contribution in [0.5, 0.6) is 0 Å². The fourth-order valence-electron chi connectivity index (χ4n) is 1.91. The average Bonchev–Trinajstić information content (AvgIpc) is 2.36. The molecule has 1 aliphatic rings. The molecule has 0 aliphatic heterocycles. The van der Waals surface area contributed by atoms with E-state index in [-0.39, 0.29) is 12.3 Å². The van der Waals surface area contributed by atoms with Crippen molar-refractivity contribution < 1.29 is 13.5 Å². The molecule has 1 aromatic rings. The van der Waals surface area contributed by atoms with Crippen LogP contribution in [0, 0.1) is 0 Å². The zero-order chi connectivity index (χ0) is 14.6. The third kappa shape index (κ3) is 4.66. The van der Waals surface area contributed by atoms with Crippen molar-refractivity contribution in [2.75, 3.05) is 23.8 Å². The predicted octanol–water partition coefficient (Wildman–Crippen LogP) is 1.20. The monoisotopic (exact) mass is 316 g/mol. The van der Waals surface area contributed by atoms with E-state index < -0.39 is 15.6 Å². The molecule has 0 radical (unpaired) electrons. The van der Waals surface area contributed by atoms with Crippen molar-refractivity contribution in [3.63, 3.8) is 0 Å². The summed E-state index contributed by atoms with van der Waals surface area (Å²) in [6.07, 6.45) is 2.32. The van der Waals surface area contributed by atoms with Crippen molar-refractivity contribution in [3.8, 4) is 0 Å². The molecule has 0 amide bonds. The minimum absolute atomic E-state index is 0.0398. The van der Waals surface area contributed by atoms with Gasteiger partial charge in [-0.05, 0) is 43.5 Å². The Kier molecular flexibility index (Phi) is 4.95. The number of nitrogens with two attached hydrogens (primary N) is 1. The summed E-state index contributed by atoms with van der Waals surface area (Å²) in [6, 6.07) is 7.33. The summed E-state index contributed by atoms with van der Waals surface area (Å²) in [5, 5.41) is 9.86. The van der Waals surface area contributed by atoms with Gasteiger partial charge in [-0.25, -0.2) is 13.1 Å². The van der Waals surface area contributed by atoms with Crippen molar-refractivity contribution in [2.45, 2.75) is 29.8 Å². The van der Waals surface area contributed by atoms with Crippen LogP contribution in [0.15, 0.2) is 29.2 Å². The summed E-state index contributed by atoms with van der Waals surface area (Å²) in [6.45, 7) is 0.127. The number of rotatable bonds is 7. The molecular weight excluding hydrogens is 296 g/mol. The van der Waals surface area contributed by atoms with Gasteiger partial charge < -0.3 is 10.8 Å². The number of nitrogens with one attached hydrogen (secondary N) is 1. The lowest BCUT2D eigenvalue weighted by molar-refractivity contribution is -0.0270. The van der Waals surface area contributed by atoms with Gasteiger partial charge in [0.15, 0.2) is 0 Å². The van der Waals surface area contributed by atoms with Crippen molar-refractivity contribution in [2.24, 2.45) is 0 Å². The van der Waals surface area contributed by atoms with E-state index in [1.807, 2.05) is 12.1 Å². The highest BCUT2D eigenvalue weighted by Gasteiger charge is 2.35. The maximum atomic E-state index is 11.8. The Balaban J connectivity index is 1.73. The lowest BCUT2D eigenvalue weighted by atomic mass is 9.81. The van der Waals surface area contributed by atoms with Gasteiger partial charge in [-0.2, -0.15) is 0 Å². The predicted molar refractivity (Wildman–Crippen MR) is 82.2 cm³/mol. The number of hydrogen-bond acceptors (Lipinski definition) is 5. The van der Waals surface area contributed by atoms with Gasteiger partial charge in [0.05, 0.1) is 11.4 Å². The van der Waals surface area contributed by atoms with Gasteiger partial charge in [0.1, 0.15) is 0 Å². The smallest absolute Gasteiger partial charge is 0.212 e. The van der Waals surface area contributed by atoms with E-state index in [1.54, 1.807) is 12.1 Å². The second-order valence-corrected chi connectivity index (χ2v) is 8.23. The Morgan fingerprint density at radius 1 is 1.30 bits per heavy atom. The maximum Gasteiger partial charge on any atom is 0.212 e. The van der Waals surface area contributed by atoms with Gasteiger partial charge in [0.2, 0.25) is 10.0 Å². The highest BCUT2D eigenvalue weighted by molar-refractivity contribution is 8.00. The molecule has 0 atom stereocenters. The van der Waals surface area contributed by atoms with Gasteiger partial charge >= 0.3 is 0 Å². The summed E-state index contributed by atoms with van der Waals surface area (Å²) >= 11 is 1.47. The topological polar surface area (TPSA) is 92.4 Å². The van der Waals surface area contributed by atoms with Crippen LogP contribution < -0.4 is 10.5 Å². The molecule has 0 saturated heterocycles. The number of sulfonamides is 1. The Bertz CT molecular complexity index is 539. The highest BCUT2D eigenvalue weighted by atomic mass is 32.2. The molecule has 2 rings (SSSR count). The lowest BCUT2D eigenvalue weighted by Crippen LogP contribution is -2.48. The van der Waals surface area contributed by atoms with Crippen LogP contribution >= 0.6 is 11.8 Å². The van der Waals surface area contributed by atoms with Crippen LogP contribution in [0.2, 0.25) is 0 Å². The summed E-state index contributed by atoms with van der Waals surface area (Å²) in [5.74, 6) is 0.510. The van der Waals surface area contributed by atoms with Crippen LogP contribution in [0.25, 0.3) is 0 Å². The molecule has 5 nitrogen and oxygen atoms in total. The summed E-state index contributed by atoms with van der Waals surface area (Å²) < 4.78 is 26.1. The fraction of sp³-hybridized carbons (Fsp3) is 0.538. The van der Waals surface area contributed by atoms with Crippen molar-refractivity contribution in [1.29, 1.82) is 0 Å². The van der Waals surface area contributed by atoms with Gasteiger partial charge in [-0.1, -0.05) is 0 Å². The molecular formula is C13H20N2O3S2. The number of nitrogen functional groups attached to an aromatic ring is 1. The van der Waals surface area contributed by atoms with Crippen LogP contribution in [0.1, 0.15) is 19.3 Å². The first-order valence-electron chi connectivity index (χ1n) is 6.57. The Morgan fingerprint density at radius 2 is 1.95 bits per heavy atom. The zero-order valence-electron chi connectivity index (χ0n) is 11.2. The maximum absolute atomic E-state index is 11.8. The van der Waals surface area contributed by atoms with Gasteiger partial charge in [-0.15, -0.1) is 11.8 Å². The average molecular weight is 316 g/mol. The van der Waals surface area contributed by atoms with E-state index in [1.165, 1.54) is 11.8 Å². The third-order valence-electron chi connectivity index (χ3n) is 3.41. The van der Waals surface area contributed by atoms with E-state index in [2.05, 4.69) is 4.72 Å². The largest absolute Gasteiger partial charge is 0.399 e. The zero-order valence-corrected chi connectivity index (χ0v) is 12.8. The Hall–Kier alpha value is -0.760. The molecule has 0 spiro atoms. The third-order valence-corrected chi connectivity index (χ3v) is 6.00. The summed E-state index contributed by atoms with van der Waals surface area (Å²) in [4.78, 5) is 0.993. The molecule has 1 fully saturated rings. The SMILES string of the molecule is Nc1ccc(SCCS(=O)(=O)NCC2(O)CCC2)cc1. The number of anilines is 1. The van der Waals surface area contributed by atoms with E-state index in [9.17, 15) is 13.5 Å². The highest BCUT2D eigenvalue weighted by Crippen LogP contribution is 2.30. The van der Waals surface area contributed by atoms with Crippen LogP contribution in [0.4, 0.5) is 5.69 Å². The molecule has 4 N–H and O–H groups in total. The molecule has 1 aromatic carbocycles. The van der Waals surface area contributed by atoms with Crippen LogP contribution in [-0.4, -0.2) is 37.2 Å². The minimum atomic E-state index is -3.32. The van der Waals surface area contributed by atoms with Crippen LogP contribution in [0.3, 0.4) is 0 Å². The van der Waals surface area contributed by atoms with E-state index >= 15 is 0 Å². The van der Waals surface area contributed by atoms with Crippen molar-refractivity contribution in [3.05, 3.63) is 24.3 Å². The minimum Gasteiger partial charge on any atom is -0.399 e. The first kappa shape index (κ1) is 15.6. The van der Waals surface area contributed by atoms with Gasteiger partial charge in [0.25, 0.3) is 0 Å². The Morgan fingerprint density at radius 3 is 2.50 bits per heavy atom. The molecule has 0 unspecified atom stereocenters. The molecule has 20 heavy (non-hydrogen) atoms. The quantitative estimate of drug-likeness (QED) is 0.519. The molecule has 7 heteroatoms. The van der Waals surface area contributed by atoms with Crippen molar-refractivity contribution in [1.82, 2.24) is 4.72 Å². The fourth-order valence-corrected chi connectivity index (χ4v) is 4.32. The molecule has 112 valence electrons. The van der Waals surface area contributed by atoms with Crippen LogP contribution in [-0.2, 0) is 10.0 Å². The van der Waals surface area contributed by atoms with E-state index in [0.717, 1.165) is 11.3 Å². The summed E-state index contributed by atoms with van der Waals surface area (Å²) in [7, 11) is -3.32. The standard InChI is InChI=1S/C13H20N2O3S2/c14-11-2-4-12(5-3-11)19-8-9-20(17,18)15-10-13(16)6-1-7-13/h2-5,15-16H,1,6-10,14H2. The normalized spacial score (nSPS) is 17.6. The van der Waals surface area contributed by atoms with E-state index in [4.69, 9.17) is 5.73 Å². The van der Waals surface area contributed by atoms with Gasteiger partial charge in [0, 0.05) is 22.9 Å². The number of benzene rings is 1. The first-order valence-corrected chi connectivity index (χ1v) is 9.20. The first-order chi connectivity index (χ1) is 9.39. The molecule has 0 bridgehead atoms. The summed E-state index contributed by atoms with van der Waals surface area (Å²) in [5.41, 5.74) is 5.45. The lowest BCUT2D eigenvalue weighted by Gasteiger charge is -2.36. The second-order valence-electron chi connectivity index (χ2n) is 5.14.